The molecule has 0 saturated carbocycles. The van der Waals surface area contributed by atoms with Gasteiger partial charge in [-0.05, 0) is 212 Å². The van der Waals surface area contributed by atoms with Gasteiger partial charge in [0.1, 0.15) is 11.5 Å². The van der Waals surface area contributed by atoms with Crippen LogP contribution in [0.4, 0.5) is 85.3 Å². The summed E-state index contributed by atoms with van der Waals surface area (Å²) in [7, 11) is 0. The number of anilines is 15. The van der Waals surface area contributed by atoms with Crippen molar-refractivity contribution in [1.29, 1.82) is 0 Å². The molecule has 0 unspecified atom stereocenters. The van der Waals surface area contributed by atoms with Crippen LogP contribution in [0.1, 0.15) is 96.0 Å². The van der Waals surface area contributed by atoms with Crippen LogP contribution in [0, 0.1) is 6.92 Å². The third kappa shape index (κ3) is 8.80. The highest BCUT2D eigenvalue weighted by Gasteiger charge is 2.51. The van der Waals surface area contributed by atoms with Crippen LogP contribution < -0.4 is 61.3 Å². The summed E-state index contributed by atoms with van der Waals surface area (Å²) in [5.74, 6) is 1.71. The van der Waals surface area contributed by atoms with Gasteiger partial charge in [0, 0.05) is 95.2 Å². The first-order chi connectivity index (χ1) is 47.5. The molecule has 0 spiro atoms. The number of fused-ring (bicyclic) bond motifs is 12. The van der Waals surface area contributed by atoms with Gasteiger partial charge in [0.05, 0.1) is 17.1 Å². The Hall–Kier alpha value is -10.5. The van der Waals surface area contributed by atoms with E-state index in [1.165, 1.54) is 81.4 Å². The zero-order valence-electron chi connectivity index (χ0n) is 57.0. The molecule has 9 heteroatoms. The second-order valence-electron chi connectivity index (χ2n) is 30.8. The van der Waals surface area contributed by atoms with Gasteiger partial charge >= 0.3 is 0 Å². The van der Waals surface area contributed by atoms with E-state index in [4.69, 9.17) is 4.74 Å². The Labute approximate surface area is 580 Å². The van der Waals surface area contributed by atoms with Gasteiger partial charge < -0.3 is 29.2 Å². The van der Waals surface area contributed by atoms with E-state index in [2.05, 4.69) is 354 Å². The van der Waals surface area contributed by atoms with E-state index in [1.807, 2.05) is 11.3 Å². The predicted octanol–water partition coefficient (Wildman–Crippen LogP) is 20.6. The van der Waals surface area contributed by atoms with Crippen LogP contribution >= 0.6 is 11.3 Å². The highest BCUT2D eigenvalue weighted by Crippen LogP contribution is 2.57. The molecule has 0 N–H and O–H groups in total. The van der Waals surface area contributed by atoms with Gasteiger partial charge in [0.2, 0.25) is 0 Å². The second-order valence-corrected chi connectivity index (χ2v) is 31.9. The molecule has 0 amide bonds. The van der Waals surface area contributed by atoms with Crippen LogP contribution in [0.15, 0.2) is 267 Å². The minimum Gasteiger partial charge on any atom is -0.458 e. The minimum atomic E-state index is -0.188. The molecule has 5 heterocycles. The molecule has 19 rings (SSSR count). The molecule has 0 atom stereocenters. The molecule has 13 aromatic rings. The Kier molecular flexibility index (Phi) is 12.8. The first kappa shape index (κ1) is 58.8. The topological polar surface area (TPSA) is 25.4 Å². The van der Waals surface area contributed by atoms with E-state index in [0.717, 1.165) is 98.3 Å². The number of rotatable bonds is 9. The van der Waals surface area contributed by atoms with E-state index in [1.54, 1.807) is 0 Å². The average molecular weight is 1280 g/mol. The molecule has 1 aromatic heterocycles. The highest BCUT2D eigenvalue weighted by atomic mass is 32.1. The van der Waals surface area contributed by atoms with E-state index in [-0.39, 0.29) is 35.1 Å². The molecule has 2 aliphatic carbocycles. The molecular weight excluding hydrogens is 1210 g/mol. The van der Waals surface area contributed by atoms with Gasteiger partial charge in [-0.25, -0.2) is 0 Å². The Morgan fingerprint density at radius 2 is 0.816 bits per heavy atom. The van der Waals surface area contributed by atoms with Crippen molar-refractivity contribution in [2.75, 3.05) is 24.5 Å². The molecule has 98 heavy (non-hydrogen) atoms. The maximum Gasteiger partial charge on any atom is 0.268 e. The monoisotopic (exact) mass is 1280 g/mol. The second kappa shape index (κ2) is 21.3. The molecule has 6 nitrogen and oxygen atoms in total. The van der Waals surface area contributed by atoms with Crippen molar-refractivity contribution in [3.63, 3.8) is 0 Å². The Bertz CT molecular complexity index is 5360. The minimum absolute atomic E-state index is 0.0166. The normalized spacial score (nSPS) is 16.2. The van der Waals surface area contributed by atoms with E-state index in [0.29, 0.717) is 0 Å². The molecular formula is C89H75B2N5OS. The van der Waals surface area contributed by atoms with E-state index >= 15 is 0 Å². The van der Waals surface area contributed by atoms with Crippen molar-refractivity contribution in [3.05, 3.63) is 295 Å². The molecule has 6 aliphatic rings. The number of para-hydroxylation sites is 6. The van der Waals surface area contributed by atoms with Crippen LogP contribution in [0.5, 0.6) is 11.5 Å². The molecule has 0 bridgehead atoms. The van der Waals surface area contributed by atoms with Crippen LogP contribution in [0.25, 0.3) is 10.1 Å². The van der Waals surface area contributed by atoms with Crippen LogP contribution in [0.3, 0.4) is 0 Å². The third-order valence-electron chi connectivity index (χ3n) is 22.4. The number of aryl methyl sites for hydroxylation is 1. The smallest absolute Gasteiger partial charge is 0.268 e. The van der Waals surface area contributed by atoms with Gasteiger partial charge in [0.15, 0.2) is 0 Å². The summed E-state index contributed by atoms with van der Waals surface area (Å²) in [4.78, 5) is 12.6. The van der Waals surface area contributed by atoms with Crippen molar-refractivity contribution in [2.24, 2.45) is 0 Å². The lowest BCUT2D eigenvalue weighted by Gasteiger charge is -2.46. The SMILES string of the molecule is Cc1ccc2sc3c(c2c1)N(c1ccc2c(c1)C(C)(C)CC2(C)C)c1cc(N(c2ccccc2)c2ccccc2)cc2c1B3c1cc3c(cc1O2)N(c1ccccc1)c1cc(N(c2ccccc2)c2ccccc2)cc2c1B3c1ccccc1N2c1ccc2c(c1)C(C)(C)CC2(C)C. The molecule has 12 aromatic carbocycles. The summed E-state index contributed by atoms with van der Waals surface area (Å²) in [5, 5.41) is 1.26. The van der Waals surface area contributed by atoms with Gasteiger partial charge in [-0.3, -0.25) is 0 Å². The fourth-order valence-electron chi connectivity index (χ4n) is 18.9. The van der Waals surface area contributed by atoms with Crippen molar-refractivity contribution in [3.8, 4) is 11.5 Å². The van der Waals surface area contributed by atoms with Gasteiger partial charge in [0.25, 0.3) is 13.4 Å². The summed E-state index contributed by atoms with van der Waals surface area (Å²) in [5.41, 5.74) is 29.8. The lowest BCUT2D eigenvalue weighted by Crippen LogP contribution is -2.64. The molecule has 0 saturated heterocycles. The Morgan fingerprint density at radius 1 is 0.347 bits per heavy atom. The lowest BCUT2D eigenvalue weighted by molar-refractivity contribution is 0.402. The Balaban J connectivity index is 0.904. The summed E-state index contributed by atoms with van der Waals surface area (Å²) in [6.07, 6.45) is 2.17. The standard InChI is InChI=1S/C89H75B2N5OS/c1-56-39-44-81-66(45-56)84-85(98-81)91-73-52-72-75(53-79(73)97-80-51-65(93(59-31-19-12-20-32-59)60-33-21-13-22-34-60)50-78(83(80)91)96(84)63-41-43-68-70(47-63)89(8,9)55-87(68,4)5)94(61-35-23-14-24-36-61)76-48-64(92(57-27-15-10-16-28-57)58-29-17-11-18-30-58)49-77-82(76)90(72)71-37-25-26-38-74(71)95(77)62-40-42-67-69(46-62)88(6,7)54-86(67,2)3/h10-53H,54-55H2,1-9H3. The maximum absolute atomic E-state index is 7.96. The number of nitrogens with zero attached hydrogens (tertiary/aromatic N) is 5. The zero-order chi connectivity index (χ0) is 66.3. The zero-order valence-corrected chi connectivity index (χ0v) is 57.8. The molecule has 0 fully saturated rings. The van der Waals surface area contributed by atoms with Crippen molar-refractivity contribution in [2.45, 2.75) is 96.8 Å². The van der Waals surface area contributed by atoms with Crippen LogP contribution in [0.2, 0.25) is 0 Å². The van der Waals surface area contributed by atoms with Gasteiger partial charge in [-0.15, -0.1) is 11.3 Å². The first-order valence-corrected chi connectivity index (χ1v) is 35.7. The third-order valence-corrected chi connectivity index (χ3v) is 23.6. The van der Waals surface area contributed by atoms with Crippen LogP contribution in [-0.2, 0) is 21.7 Å². The van der Waals surface area contributed by atoms with Crippen molar-refractivity contribution in [1.82, 2.24) is 0 Å². The predicted molar refractivity (Wildman–Crippen MR) is 417 cm³/mol. The lowest BCUT2D eigenvalue weighted by atomic mass is 9.31. The maximum atomic E-state index is 7.96. The first-order valence-electron chi connectivity index (χ1n) is 34.9. The quantitative estimate of drug-likeness (QED) is 0.134. The van der Waals surface area contributed by atoms with Crippen molar-refractivity contribution >= 4 is 152 Å². The average Bonchev–Trinajstić information content (AvgIpc) is 0.944. The number of hydrogen-bond acceptors (Lipinski definition) is 7. The largest absolute Gasteiger partial charge is 0.458 e. The molecule has 474 valence electrons. The number of hydrogen-bond donors (Lipinski definition) is 0. The number of thiophene rings is 1. The van der Waals surface area contributed by atoms with Gasteiger partial charge in [-0.2, -0.15) is 0 Å². The van der Waals surface area contributed by atoms with E-state index < -0.39 is 0 Å². The number of benzene rings is 12. The number of ether oxygens (including phenoxy) is 1. The summed E-state index contributed by atoms with van der Waals surface area (Å²) in [6.45, 7) is 21.3. The summed E-state index contributed by atoms with van der Waals surface area (Å²) >= 11 is 1.95. The molecule has 0 radical (unpaired) electrons. The van der Waals surface area contributed by atoms with Gasteiger partial charge in [-0.1, -0.05) is 194 Å². The van der Waals surface area contributed by atoms with Crippen LogP contribution in [-0.4, -0.2) is 13.4 Å². The Morgan fingerprint density at radius 3 is 1.37 bits per heavy atom. The summed E-state index contributed by atoms with van der Waals surface area (Å²) < 4.78 is 10.5. The fourth-order valence-corrected chi connectivity index (χ4v) is 20.2. The molecule has 4 aliphatic heterocycles. The van der Waals surface area contributed by atoms with Crippen molar-refractivity contribution < 1.29 is 4.74 Å². The highest BCUT2D eigenvalue weighted by molar-refractivity contribution is 7.33. The fraction of sp³-hybridized carbons (Fsp3) is 0.169. The van der Waals surface area contributed by atoms with E-state index in [9.17, 15) is 0 Å². The summed E-state index contributed by atoms with van der Waals surface area (Å²) in [6, 6.07) is 101.